The summed E-state index contributed by atoms with van der Waals surface area (Å²) in [5, 5.41) is 0.975. The van der Waals surface area contributed by atoms with Gasteiger partial charge in [-0.2, -0.15) is 0 Å². The van der Waals surface area contributed by atoms with Crippen LogP contribution < -0.4 is 11.5 Å². The van der Waals surface area contributed by atoms with E-state index >= 15 is 0 Å². The van der Waals surface area contributed by atoms with Crippen LogP contribution in [0, 0.1) is 13.8 Å². The highest BCUT2D eigenvalue weighted by atomic mass is 35.5. The summed E-state index contributed by atoms with van der Waals surface area (Å²) in [6.45, 7) is 3.64. The van der Waals surface area contributed by atoms with Crippen LogP contribution in [-0.4, -0.2) is 9.97 Å². The van der Waals surface area contributed by atoms with Crippen molar-refractivity contribution >= 4 is 34.6 Å². The van der Waals surface area contributed by atoms with Gasteiger partial charge in [-0.15, -0.1) is 0 Å². The van der Waals surface area contributed by atoms with Crippen molar-refractivity contribution in [1.29, 1.82) is 0 Å². The number of aromatic nitrogens is 2. The molecule has 0 aliphatic rings. The van der Waals surface area contributed by atoms with Crippen LogP contribution >= 0.6 is 23.2 Å². The molecule has 6 heteroatoms. The second-order valence-corrected chi connectivity index (χ2v) is 4.39. The summed E-state index contributed by atoms with van der Waals surface area (Å²) in [7, 11) is 0. The average molecular weight is 285 g/mol. The van der Waals surface area contributed by atoms with E-state index in [4.69, 9.17) is 34.7 Å². The van der Waals surface area contributed by atoms with Gasteiger partial charge in [-0.3, -0.25) is 0 Å². The molecule has 0 saturated heterocycles. The first kappa shape index (κ1) is 14.5. The minimum atomic E-state index is 0.488. The topological polar surface area (TPSA) is 77.8 Å². The number of halogens is 2. The van der Waals surface area contributed by atoms with E-state index in [9.17, 15) is 0 Å². The van der Waals surface area contributed by atoms with Gasteiger partial charge in [-0.05, 0) is 38.1 Å². The maximum absolute atomic E-state index is 5.55. The molecule has 0 radical (unpaired) electrons. The summed E-state index contributed by atoms with van der Waals surface area (Å²) >= 11 is 11.1. The normalized spacial score (nSPS) is 9.56. The molecule has 0 unspecified atom stereocenters. The Kier molecular flexibility index (Phi) is 5.19. The quantitative estimate of drug-likeness (QED) is 0.728. The highest BCUT2D eigenvalue weighted by Crippen LogP contribution is 2.11. The van der Waals surface area contributed by atoms with E-state index in [1.54, 1.807) is 24.3 Å². The highest BCUT2D eigenvalue weighted by Gasteiger charge is 1.93. The van der Waals surface area contributed by atoms with Crippen molar-refractivity contribution < 1.29 is 0 Å². The lowest BCUT2D eigenvalue weighted by atomic mass is 10.3. The number of pyridine rings is 2. The van der Waals surface area contributed by atoms with E-state index in [2.05, 4.69) is 9.97 Å². The van der Waals surface area contributed by atoms with Gasteiger partial charge in [-0.25, -0.2) is 9.97 Å². The number of nitrogens with two attached hydrogens (primary N) is 2. The summed E-state index contributed by atoms with van der Waals surface area (Å²) in [5.41, 5.74) is 13.9. The van der Waals surface area contributed by atoms with Gasteiger partial charge in [0.25, 0.3) is 0 Å². The van der Waals surface area contributed by atoms with E-state index in [1.165, 1.54) is 0 Å². The molecule has 4 nitrogen and oxygen atoms in total. The highest BCUT2D eigenvalue weighted by molar-refractivity contribution is 6.29. The molecule has 96 valence electrons. The number of nitrogens with zero attached hydrogens (tertiary/aromatic N) is 2. The van der Waals surface area contributed by atoms with Crippen LogP contribution in [0.2, 0.25) is 10.3 Å². The third-order valence-electron chi connectivity index (χ3n) is 2.19. The molecule has 0 saturated carbocycles. The predicted molar refractivity (Wildman–Crippen MR) is 76.8 cm³/mol. The largest absolute Gasteiger partial charge is 0.397 e. The molecule has 0 aliphatic carbocycles. The molecule has 18 heavy (non-hydrogen) atoms. The lowest BCUT2D eigenvalue weighted by Gasteiger charge is -1.96. The average Bonchev–Trinajstić information content (AvgIpc) is 2.30. The minimum absolute atomic E-state index is 0.488. The Hall–Kier alpha value is -1.52. The number of hydrogen-bond donors (Lipinski definition) is 2. The van der Waals surface area contributed by atoms with Gasteiger partial charge < -0.3 is 11.5 Å². The van der Waals surface area contributed by atoms with Gasteiger partial charge in [0.1, 0.15) is 10.3 Å². The smallest absolute Gasteiger partial charge is 0.129 e. The van der Waals surface area contributed by atoms with Crippen molar-refractivity contribution in [2.75, 3.05) is 11.5 Å². The van der Waals surface area contributed by atoms with Crippen LogP contribution in [0.5, 0.6) is 0 Å². The Balaban J connectivity index is 0.000000180. The van der Waals surface area contributed by atoms with Gasteiger partial charge in [0.15, 0.2) is 0 Å². The van der Waals surface area contributed by atoms with Crippen molar-refractivity contribution in [2.24, 2.45) is 0 Å². The Bertz CT molecular complexity index is 494. The summed E-state index contributed by atoms with van der Waals surface area (Å²) in [4.78, 5) is 7.83. The zero-order valence-electron chi connectivity index (χ0n) is 10.1. The summed E-state index contributed by atoms with van der Waals surface area (Å²) in [6, 6.07) is 6.82. The van der Waals surface area contributed by atoms with Crippen LogP contribution in [0.15, 0.2) is 24.3 Å². The van der Waals surface area contributed by atoms with E-state index < -0.39 is 0 Å². The van der Waals surface area contributed by atoms with E-state index in [-0.39, 0.29) is 0 Å². The lowest BCUT2D eigenvalue weighted by Crippen LogP contribution is -1.91. The van der Waals surface area contributed by atoms with Gasteiger partial charge in [0, 0.05) is 0 Å². The maximum atomic E-state index is 5.55. The Morgan fingerprint density at radius 2 is 1.11 bits per heavy atom. The van der Waals surface area contributed by atoms with Crippen molar-refractivity contribution in [3.8, 4) is 0 Å². The van der Waals surface area contributed by atoms with Crippen molar-refractivity contribution in [3.63, 3.8) is 0 Å². The van der Waals surface area contributed by atoms with E-state index in [0.717, 1.165) is 11.4 Å². The zero-order chi connectivity index (χ0) is 13.7. The van der Waals surface area contributed by atoms with Crippen LogP contribution in [0.1, 0.15) is 11.4 Å². The molecular formula is C12H14Cl2N4. The molecule has 0 fully saturated rings. The van der Waals surface area contributed by atoms with Crippen LogP contribution in [-0.2, 0) is 0 Å². The summed E-state index contributed by atoms with van der Waals surface area (Å²) < 4.78 is 0. The first-order chi connectivity index (χ1) is 8.40. The third-order valence-corrected chi connectivity index (χ3v) is 2.61. The van der Waals surface area contributed by atoms with Gasteiger partial charge in [0.2, 0.25) is 0 Å². The van der Waals surface area contributed by atoms with Crippen molar-refractivity contribution in [1.82, 2.24) is 9.97 Å². The fraction of sp³-hybridized carbons (Fsp3) is 0.167. The van der Waals surface area contributed by atoms with Gasteiger partial charge >= 0.3 is 0 Å². The zero-order valence-corrected chi connectivity index (χ0v) is 11.6. The molecule has 0 aliphatic heterocycles. The maximum Gasteiger partial charge on any atom is 0.129 e. The standard InChI is InChI=1S/2C6H7ClN2/c2*1-4-5(8)2-3-6(7)9-4/h2*2-3H,8H2,1H3. The SMILES string of the molecule is Cc1nc(Cl)ccc1N.Cc1nc(Cl)ccc1N. The van der Waals surface area contributed by atoms with E-state index in [0.29, 0.717) is 21.7 Å². The molecule has 0 amide bonds. The minimum Gasteiger partial charge on any atom is -0.397 e. The van der Waals surface area contributed by atoms with Gasteiger partial charge in [0.05, 0.1) is 22.8 Å². The number of nitrogen functional groups attached to an aromatic ring is 2. The first-order valence-corrected chi connectivity index (χ1v) is 5.93. The van der Waals surface area contributed by atoms with Gasteiger partial charge in [-0.1, -0.05) is 23.2 Å². The second-order valence-electron chi connectivity index (χ2n) is 3.62. The van der Waals surface area contributed by atoms with Crippen LogP contribution in [0.4, 0.5) is 11.4 Å². The van der Waals surface area contributed by atoms with Crippen molar-refractivity contribution in [3.05, 3.63) is 46.0 Å². The number of hydrogen-bond acceptors (Lipinski definition) is 4. The first-order valence-electron chi connectivity index (χ1n) is 5.17. The second kappa shape index (κ2) is 6.42. The molecule has 0 spiro atoms. The fourth-order valence-corrected chi connectivity index (χ4v) is 1.46. The molecule has 0 bridgehead atoms. The molecule has 2 aromatic heterocycles. The third kappa shape index (κ3) is 4.39. The molecule has 2 aromatic rings. The monoisotopic (exact) mass is 284 g/mol. The lowest BCUT2D eigenvalue weighted by molar-refractivity contribution is 1.21. The Morgan fingerprint density at radius 1 is 0.778 bits per heavy atom. The van der Waals surface area contributed by atoms with Crippen molar-refractivity contribution in [2.45, 2.75) is 13.8 Å². The number of anilines is 2. The molecule has 4 N–H and O–H groups in total. The summed E-state index contributed by atoms with van der Waals surface area (Å²) in [5.74, 6) is 0. The Labute approximate surface area is 116 Å². The number of aryl methyl sites for hydroxylation is 2. The molecule has 2 rings (SSSR count). The molecule has 2 heterocycles. The summed E-state index contributed by atoms with van der Waals surface area (Å²) in [6.07, 6.45) is 0. The Morgan fingerprint density at radius 3 is 1.33 bits per heavy atom. The van der Waals surface area contributed by atoms with E-state index in [1.807, 2.05) is 13.8 Å². The predicted octanol–water partition coefficient (Wildman–Crippen LogP) is 3.25. The fourth-order valence-electron chi connectivity index (χ4n) is 1.08. The molecule has 0 aromatic carbocycles. The molecule has 0 atom stereocenters. The van der Waals surface area contributed by atoms with Crippen LogP contribution in [0.25, 0.3) is 0 Å². The van der Waals surface area contributed by atoms with Crippen LogP contribution in [0.3, 0.4) is 0 Å². The number of rotatable bonds is 0. The molecular weight excluding hydrogens is 271 g/mol.